The summed E-state index contributed by atoms with van der Waals surface area (Å²) >= 11 is 0. The van der Waals surface area contributed by atoms with Gasteiger partial charge in [0.1, 0.15) is 0 Å². The summed E-state index contributed by atoms with van der Waals surface area (Å²) in [4.78, 5) is 0. The highest BCUT2D eigenvalue weighted by molar-refractivity contribution is 5.11. The van der Waals surface area contributed by atoms with Crippen molar-refractivity contribution in [3.8, 4) is 5.75 Å². The quantitative estimate of drug-likeness (QED) is 0.737. The minimum atomic E-state index is 0.706. The Morgan fingerprint density at radius 2 is 2.43 bits per heavy atom. The molecule has 1 aliphatic rings. The molecule has 0 unspecified atom stereocenters. The first-order chi connectivity index (χ1) is 6.88. The summed E-state index contributed by atoms with van der Waals surface area (Å²) in [7, 11) is 0. The predicted molar refractivity (Wildman–Crippen MR) is 54.1 cm³/mol. The molecule has 1 saturated carbocycles. The van der Waals surface area contributed by atoms with Crippen LogP contribution in [0.25, 0.3) is 0 Å². The van der Waals surface area contributed by atoms with Gasteiger partial charge < -0.3 is 10.5 Å². The molecule has 0 bridgehead atoms. The van der Waals surface area contributed by atoms with Gasteiger partial charge in [-0.25, -0.2) is 0 Å². The molecule has 1 aliphatic carbocycles. The molecule has 0 amide bonds. The zero-order chi connectivity index (χ0) is 9.80. The van der Waals surface area contributed by atoms with Gasteiger partial charge in [0.25, 0.3) is 0 Å². The lowest BCUT2D eigenvalue weighted by atomic mass is 10.4. The number of rotatable bonds is 6. The lowest BCUT2D eigenvalue weighted by molar-refractivity contribution is 0.299. The standard InChI is InChI=1S/C10H17N3O/c11-4-1-5-13-7-10(6-12-13)14-8-9-2-3-9/h6-7,9H,1-5,8,11H2. The normalized spacial score (nSPS) is 15.8. The molecule has 0 saturated heterocycles. The minimum Gasteiger partial charge on any atom is -0.490 e. The molecule has 1 aromatic rings. The molecule has 0 radical (unpaired) electrons. The third kappa shape index (κ3) is 2.73. The fourth-order valence-corrected chi connectivity index (χ4v) is 1.29. The Kier molecular flexibility index (Phi) is 3.03. The Morgan fingerprint density at radius 1 is 1.57 bits per heavy atom. The van der Waals surface area contributed by atoms with Crippen LogP contribution in [0.5, 0.6) is 5.75 Å². The lowest BCUT2D eigenvalue weighted by Gasteiger charge is -2.00. The van der Waals surface area contributed by atoms with Crippen LogP contribution in [0.15, 0.2) is 12.4 Å². The van der Waals surface area contributed by atoms with Crippen LogP contribution in [-0.4, -0.2) is 22.9 Å². The Balaban J connectivity index is 1.76. The fraction of sp³-hybridized carbons (Fsp3) is 0.700. The van der Waals surface area contributed by atoms with Crippen molar-refractivity contribution in [2.24, 2.45) is 11.7 Å². The van der Waals surface area contributed by atoms with E-state index in [0.29, 0.717) is 6.54 Å². The van der Waals surface area contributed by atoms with Crippen molar-refractivity contribution < 1.29 is 4.74 Å². The third-order valence-electron chi connectivity index (χ3n) is 2.38. The maximum absolute atomic E-state index is 5.58. The molecule has 78 valence electrons. The van der Waals surface area contributed by atoms with Crippen molar-refractivity contribution >= 4 is 0 Å². The van der Waals surface area contributed by atoms with Gasteiger partial charge in [-0.1, -0.05) is 0 Å². The maximum Gasteiger partial charge on any atom is 0.157 e. The van der Waals surface area contributed by atoms with Crippen molar-refractivity contribution in [1.29, 1.82) is 0 Å². The van der Waals surface area contributed by atoms with Crippen LogP contribution in [-0.2, 0) is 6.54 Å². The molecule has 4 nitrogen and oxygen atoms in total. The zero-order valence-electron chi connectivity index (χ0n) is 8.35. The number of ether oxygens (including phenoxy) is 1. The molecule has 4 heteroatoms. The first-order valence-corrected chi connectivity index (χ1v) is 5.24. The van der Waals surface area contributed by atoms with Gasteiger partial charge in [-0.2, -0.15) is 5.10 Å². The molecular formula is C10H17N3O. The van der Waals surface area contributed by atoms with E-state index < -0.39 is 0 Å². The smallest absolute Gasteiger partial charge is 0.157 e. The number of hydrogen-bond acceptors (Lipinski definition) is 3. The summed E-state index contributed by atoms with van der Waals surface area (Å²) < 4.78 is 7.46. The van der Waals surface area contributed by atoms with Crippen molar-refractivity contribution in [2.45, 2.75) is 25.8 Å². The largest absolute Gasteiger partial charge is 0.490 e. The molecule has 1 fully saturated rings. The van der Waals surface area contributed by atoms with E-state index in [0.717, 1.165) is 31.2 Å². The monoisotopic (exact) mass is 195 g/mol. The molecule has 1 aromatic heterocycles. The first-order valence-electron chi connectivity index (χ1n) is 5.24. The van der Waals surface area contributed by atoms with Gasteiger partial charge in [0, 0.05) is 6.54 Å². The molecule has 1 heterocycles. The van der Waals surface area contributed by atoms with Gasteiger partial charge in [-0.3, -0.25) is 4.68 Å². The predicted octanol–water partition coefficient (Wildman–Crippen LogP) is 1.02. The average molecular weight is 195 g/mol. The van der Waals surface area contributed by atoms with Gasteiger partial charge in [0.15, 0.2) is 5.75 Å². The zero-order valence-corrected chi connectivity index (χ0v) is 8.35. The van der Waals surface area contributed by atoms with Crippen molar-refractivity contribution in [3.63, 3.8) is 0 Å². The van der Waals surface area contributed by atoms with E-state index in [1.54, 1.807) is 6.20 Å². The Bertz CT molecular complexity index is 281. The van der Waals surface area contributed by atoms with Crippen LogP contribution in [0.2, 0.25) is 0 Å². The van der Waals surface area contributed by atoms with E-state index in [4.69, 9.17) is 10.5 Å². The highest BCUT2D eigenvalue weighted by Crippen LogP contribution is 2.29. The third-order valence-corrected chi connectivity index (χ3v) is 2.38. The van der Waals surface area contributed by atoms with E-state index in [9.17, 15) is 0 Å². The van der Waals surface area contributed by atoms with Crippen LogP contribution in [0, 0.1) is 5.92 Å². The Hall–Kier alpha value is -1.03. The Labute approximate surface area is 84.0 Å². The van der Waals surface area contributed by atoms with Crippen LogP contribution in [0.1, 0.15) is 19.3 Å². The molecule has 0 aromatic carbocycles. The fourth-order valence-electron chi connectivity index (χ4n) is 1.29. The van der Waals surface area contributed by atoms with Gasteiger partial charge in [-0.15, -0.1) is 0 Å². The van der Waals surface area contributed by atoms with Crippen molar-refractivity contribution in [3.05, 3.63) is 12.4 Å². The summed E-state index contributed by atoms with van der Waals surface area (Å²) in [6, 6.07) is 0. The first kappa shape index (κ1) is 9.52. The minimum absolute atomic E-state index is 0.706. The van der Waals surface area contributed by atoms with Gasteiger partial charge in [-0.05, 0) is 31.7 Å². The molecule has 0 spiro atoms. The second-order valence-electron chi connectivity index (χ2n) is 3.84. The molecule has 2 N–H and O–H groups in total. The molecule has 0 atom stereocenters. The number of nitrogens with zero attached hydrogens (tertiary/aromatic N) is 2. The maximum atomic E-state index is 5.58. The highest BCUT2D eigenvalue weighted by Gasteiger charge is 2.22. The second-order valence-corrected chi connectivity index (χ2v) is 3.84. The van der Waals surface area contributed by atoms with Gasteiger partial charge >= 0.3 is 0 Å². The summed E-state index contributed by atoms with van der Waals surface area (Å²) in [6.07, 6.45) is 7.32. The number of aryl methyl sites for hydroxylation is 1. The summed E-state index contributed by atoms with van der Waals surface area (Å²) in [5, 5.41) is 4.19. The molecule has 0 aliphatic heterocycles. The molecule has 2 rings (SSSR count). The van der Waals surface area contributed by atoms with Crippen LogP contribution in [0.4, 0.5) is 0 Å². The molecule has 14 heavy (non-hydrogen) atoms. The van der Waals surface area contributed by atoms with E-state index in [2.05, 4.69) is 5.10 Å². The number of aromatic nitrogens is 2. The number of nitrogens with two attached hydrogens (primary N) is 1. The van der Waals surface area contributed by atoms with Crippen LogP contribution < -0.4 is 10.5 Å². The van der Waals surface area contributed by atoms with E-state index in [1.807, 2.05) is 10.9 Å². The molecular weight excluding hydrogens is 178 g/mol. The van der Waals surface area contributed by atoms with Crippen molar-refractivity contribution in [1.82, 2.24) is 9.78 Å². The number of hydrogen-bond donors (Lipinski definition) is 1. The second kappa shape index (κ2) is 4.46. The van der Waals surface area contributed by atoms with Gasteiger partial charge in [0.05, 0.1) is 19.0 Å². The van der Waals surface area contributed by atoms with Gasteiger partial charge in [0.2, 0.25) is 0 Å². The summed E-state index contributed by atoms with van der Waals surface area (Å²) in [5.41, 5.74) is 5.42. The summed E-state index contributed by atoms with van der Waals surface area (Å²) in [5.74, 6) is 1.68. The van der Waals surface area contributed by atoms with Crippen molar-refractivity contribution in [2.75, 3.05) is 13.2 Å². The lowest BCUT2D eigenvalue weighted by Crippen LogP contribution is -2.05. The van der Waals surface area contributed by atoms with E-state index in [1.165, 1.54) is 12.8 Å². The van der Waals surface area contributed by atoms with E-state index in [-0.39, 0.29) is 0 Å². The SMILES string of the molecule is NCCCn1cc(OCC2CC2)cn1. The average Bonchev–Trinajstić information content (AvgIpc) is 2.92. The van der Waals surface area contributed by atoms with Crippen LogP contribution in [0.3, 0.4) is 0 Å². The Morgan fingerprint density at radius 3 is 3.14 bits per heavy atom. The van der Waals surface area contributed by atoms with E-state index >= 15 is 0 Å². The van der Waals surface area contributed by atoms with Crippen LogP contribution >= 0.6 is 0 Å². The highest BCUT2D eigenvalue weighted by atomic mass is 16.5. The summed E-state index contributed by atoms with van der Waals surface area (Å²) in [6.45, 7) is 2.43. The topological polar surface area (TPSA) is 53.1 Å².